The van der Waals surface area contributed by atoms with Gasteiger partial charge in [-0.3, -0.25) is 4.57 Å². The van der Waals surface area contributed by atoms with E-state index in [4.69, 9.17) is 19.2 Å². The van der Waals surface area contributed by atoms with Crippen LogP contribution < -0.4 is 14.8 Å². The highest BCUT2D eigenvalue weighted by molar-refractivity contribution is 5.94. The molecule has 4 rings (SSSR count). The second kappa shape index (κ2) is 8.71. The molecule has 0 unspecified atom stereocenters. The number of esters is 1. The lowest BCUT2D eigenvalue weighted by atomic mass is 9.93. The number of hydrogen-bond donors (Lipinski definition) is 1. The van der Waals surface area contributed by atoms with Crippen LogP contribution in [0.3, 0.4) is 0 Å². The fourth-order valence-electron chi connectivity index (χ4n) is 4.12. The van der Waals surface area contributed by atoms with Gasteiger partial charge in [0.25, 0.3) is 0 Å². The summed E-state index contributed by atoms with van der Waals surface area (Å²) >= 11 is 0. The lowest BCUT2D eigenvalue weighted by Gasteiger charge is -2.31. The predicted octanol–water partition coefficient (Wildman–Crippen LogP) is 4.69. The molecule has 0 fully saturated rings. The van der Waals surface area contributed by atoms with Gasteiger partial charge < -0.3 is 19.5 Å². The fraction of sp³-hybridized carbons (Fsp3) is 0.333. The van der Waals surface area contributed by atoms with Crippen molar-refractivity contribution < 1.29 is 19.0 Å². The van der Waals surface area contributed by atoms with Crippen LogP contribution in [0.1, 0.15) is 38.3 Å². The number of anilines is 1. The highest BCUT2D eigenvalue weighted by Gasteiger charge is 2.36. The molecule has 7 heteroatoms. The average Bonchev–Trinajstić information content (AvgIpc) is 3.16. The standard InChI is InChI=1S/C24H27N3O4/c1-5-9-17-21(23(28)31-6-2)22(15-12-13-19(29-3)20(14-15)30-4)27-18-11-8-7-10-16(18)25-24(27)26-17/h7-8,10-14,22H,5-6,9H2,1-4H3,(H,25,26)/t22-/m1/s1. The van der Waals surface area contributed by atoms with Crippen LogP contribution in [0, 0.1) is 0 Å². The number of methoxy groups -OCH3 is 2. The summed E-state index contributed by atoms with van der Waals surface area (Å²) in [5.41, 5.74) is 4.11. The van der Waals surface area contributed by atoms with Crippen LogP contribution in [0.15, 0.2) is 53.7 Å². The molecule has 1 aliphatic rings. The zero-order valence-corrected chi connectivity index (χ0v) is 18.3. The van der Waals surface area contributed by atoms with Crippen molar-refractivity contribution in [3.8, 4) is 11.5 Å². The van der Waals surface area contributed by atoms with Gasteiger partial charge in [0, 0.05) is 5.70 Å². The van der Waals surface area contributed by atoms with Gasteiger partial charge in [0.2, 0.25) is 5.95 Å². The average molecular weight is 421 g/mol. The Balaban J connectivity index is 2.00. The van der Waals surface area contributed by atoms with Crippen LogP contribution in [0.2, 0.25) is 0 Å². The largest absolute Gasteiger partial charge is 0.493 e. The summed E-state index contributed by atoms with van der Waals surface area (Å²) in [7, 11) is 3.21. The molecule has 1 aliphatic heterocycles. The van der Waals surface area contributed by atoms with Crippen molar-refractivity contribution in [3.63, 3.8) is 0 Å². The molecule has 7 nitrogen and oxygen atoms in total. The topological polar surface area (TPSA) is 74.6 Å². The summed E-state index contributed by atoms with van der Waals surface area (Å²) in [6, 6.07) is 13.2. The molecule has 0 saturated carbocycles. The van der Waals surface area contributed by atoms with E-state index in [-0.39, 0.29) is 5.97 Å². The van der Waals surface area contributed by atoms with Gasteiger partial charge in [-0.15, -0.1) is 0 Å². The zero-order valence-electron chi connectivity index (χ0n) is 18.3. The van der Waals surface area contributed by atoms with E-state index in [2.05, 4.69) is 16.8 Å². The normalized spacial score (nSPS) is 15.4. The second-order valence-electron chi connectivity index (χ2n) is 7.30. The predicted molar refractivity (Wildman–Crippen MR) is 120 cm³/mol. The minimum Gasteiger partial charge on any atom is -0.493 e. The minimum atomic E-state index is -0.413. The maximum atomic E-state index is 13.2. The molecule has 0 bridgehead atoms. The molecule has 31 heavy (non-hydrogen) atoms. The van der Waals surface area contributed by atoms with Crippen LogP contribution >= 0.6 is 0 Å². The quantitative estimate of drug-likeness (QED) is 0.558. The first-order chi connectivity index (χ1) is 15.1. The smallest absolute Gasteiger partial charge is 0.338 e. The number of carbonyl (C=O) groups is 1. The van der Waals surface area contributed by atoms with Crippen molar-refractivity contribution in [2.75, 3.05) is 26.1 Å². The molecule has 0 amide bonds. The number of ether oxygens (including phenoxy) is 3. The van der Waals surface area contributed by atoms with Crippen LogP contribution in [0.5, 0.6) is 11.5 Å². The van der Waals surface area contributed by atoms with Gasteiger partial charge in [-0.25, -0.2) is 9.78 Å². The number of carbonyl (C=O) groups excluding carboxylic acids is 1. The second-order valence-corrected chi connectivity index (χ2v) is 7.30. The van der Waals surface area contributed by atoms with E-state index in [9.17, 15) is 4.79 Å². The molecule has 1 atom stereocenters. The Hall–Kier alpha value is -3.48. The molecule has 2 heterocycles. The van der Waals surface area contributed by atoms with Crippen molar-refractivity contribution in [2.45, 2.75) is 32.7 Å². The maximum absolute atomic E-state index is 13.2. The van der Waals surface area contributed by atoms with Gasteiger partial charge in [-0.05, 0) is 43.2 Å². The number of nitrogens with zero attached hydrogens (tertiary/aromatic N) is 2. The first-order valence-electron chi connectivity index (χ1n) is 10.5. The van der Waals surface area contributed by atoms with E-state index in [1.54, 1.807) is 14.2 Å². The summed E-state index contributed by atoms with van der Waals surface area (Å²) < 4.78 is 18.5. The third-order valence-corrected chi connectivity index (χ3v) is 5.43. The number of fused-ring (bicyclic) bond motifs is 3. The Morgan fingerprint density at radius 1 is 1.10 bits per heavy atom. The van der Waals surface area contributed by atoms with E-state index >= 15 is 0 Å². The maximum Gasteiger partial charge on any atom is 0.338 e. The molecular formula is C24H27N3O4. The fourth-order valence-corrected chi connectivity index (χ4v) is 4.12. The highest BCUT2D eigenvalue weighted by Crippen LogP contribution is 2.42. The Labute approximate surface area is 181 Å². The minimum absolute atomic E-state index is 0.303. The number of hydrogen-bond acceptors (Lipinski definition) is 6. The molecule has 162 valence electrons. The SMILES string of the molecule is CCCC1=C(C(=O)OCC)[C@@H](c2ccc(OC)c(OC)c2)n2c(nc3ccccc32)N1. The lowest BCUT2D eigenvalue weighted by molar-refractivity contribution is -0.139. The van der Waals surface area contributed by atoms with Crippen molar-refractivity contribution in [1.29, 1.82) is 0 Å². The van der Waals surface area contributed by atoms with Gasteiger partial charge in [0.1, 0.15) is 0 Å². The molecular weight excluding hydrogens is 394 g/mol. The zero-order chi connectivity index (χ0) is 22.0. The van der Waals surface area contributed by atoms with Gasteiger partial charge in [0.05, 0.1) is 43.5 Å². The van der Waals surface area contributed by atoms with Crippen LogP contribution in [0.4, 0.5) is 5.95 Å². The van der Waals surface area contributed by atoms with Crippen LogP contribution in [0.25, 0.3) is 11.0 Å². The number of rotatable bonds is 7. The van der Waals surface area contributed by atoms with E-state index in [1.807, 2.05) is 49.4 Å². The van der Waals surface area contributed by atoms with Crippen LogP contribution in [-0.4, -0.2) is 36.3 Å². The number of benzene rings is 2. The molecule has 2 aromatic carbocycles. The number of nitrogens with one attached hydrogen (secondary N) is 1. The number of allylic oxidation sites excluding steroid dienone is 1. The summed E-state index contributed by atoms with van der Waals surface area (Å²) in [5.74, 6) is 1.61. The number of imidazole rings is 1. The summed E-state index contributed by atoms with van der Waals surface area (Å²) in [4.78, 5) is 18.0. The third kappa shape index (κ3) is 3.60. The Kier molecular flexibility index (Phi) is 5.84. The third-order valence-electron chi connectivity index (χ3n) is 5.43. The first-order valence-corrected chi connectivity index (χ1v) is 10.5. The van der Waals surface area contributed by atoms with Crippen LogP contribution in [-0.2, 0) is 9.53 Å². The van der Waals surface area contributed by atoms with Crippen molar-refractivity contribution in [3.05, 3.63) is 59.3 Å². The molecule has 0 spiro atoms. The van der Waals surface area contributed by atoms with Gasteiger partial charge in [0.15, 0.2) is 11.5 Å². The van der Waals surface area contributed by atoms with E-state index in [0.717, 1.165) is 28.7 Å². The number of para-hydroxylation sites is 2. The Bertz CT molecular complexity index is 1150. The summed E-state index contributed by atoms with van der Waals surface area (Å²) in [5, 5.41) is 3.40. The number of aromatic nitrogens is 2. The first kappa shape index (κ1) is 20.8. The molecule has 1 aromatic heterocycles. The van der Waals surface area contributed by atoms with E-state index in [0.29, 0.717) is 36.0 Å². The monoisotopic (exact) mass is 421 g/mol. The summed E-state index contributed by atoms with van der Waals surface area (Å²) in [6.07, 6.45) is 1.59. The van der Waals surface area contributed by atoms with Gasteiger partial charge in [-0.2, -0.15) is 0 Å². The molecule has 0 aliphatic carbocycles. The lowest BCUT2D eigenvalue weighted by Crippen LogP contribution is -2.29. The molecule has 1 N–H and O–H groups in total. The molecule has 3 aromatic rings. The van der Waals surface area contributed by atoms with Crippen molar-refractivity contribution in [2.24, 2.45) is 0 Å². The van der Waals surface area contributed by atoms with Gasteiger partial charge >= 0.3 is 5.97 Å². The van der Waals surface area contributed by atoms with E-state index < -0.39 is 6.04 Å². The Morgan fingerprint density at radius 2 is 1.87 bits per heavy atom. The Morgan fingerprint density at radius 3 is 2.58 bits per heavy atom. The van der Waals surface area contributed by atoms with Gasteiger partial charge in [-0.1, -0.05) is 31.5 Å². The van der Waals surface area contributed by atoms with E-state index in [1.165, 1.54) is 0 Å². The van der Waals surface area contributed by atoms with Crippen molar-refractivity contribution in [1.82, 2.24) is 9.55 Å². The molecule has 0 radical (unpaired) electrons. The molecule has 0 saturated heterocycles. The highest BCUT2D eigenvalue weighted by atomic mass is 16.5. The summed E-state index contributed by atoms with van der Waals surface area (Å²) in [6.45, 7) is 4.20. The van der Waals surface area contributed by atoms with Crippen molar-refractivity contribution >= 4 is 23.0 Å².